The van der Waals surface area contributed by atoms with Crippen molar-refractivity contribution in [3.05, 3.63) is 48.7 Å². The van der Waals surface area contributed by atoms with Gasteiger partial charge in [0.2, 0.25) is 0 Å². The molecule has 2 aromatic rings. The molecule has 25 heavy (non-hydrogen) atoms. The van der Waals surface area contributed by atoms with E-state index in [1.807, 2.05) is 18.2 Å². The lowest BCUT2D eigenvalue weighted by atomic mass is 9.98. The Morgan fingerprint density at radius 3 is 2.44 bits per heavy atom. The molecule has 0 atom stereocenters. The molecule has 0 aliphatic carbocycles. The predicted molar refractivity (Wildman–Crippen MR) is 96.5 cm³/mol. The number of rotatable bonds is 5. The molecule has 0 amide bonds. The molecule has 5 heteroatoms. The van der Waals surface area contributed by atoms with Crippen LogP contribution in [0.1, 0.15) is 31.4 Å². The first-order chi connectivity index (χ1) is 12.4. The zero-order valence-corrected chi connectivity index (χ0v) is 14.7. The van der Waals surface area contributed by atoms with Gasteiger partial charge in [-0.3, -0.25) is 9.88 Å². The normalized spacial score (nSPS) is 21.4. The third-order valence-electron chi connectivity index (χ3n) is 5.46. The van der Waals surface area contributed by atoms with E-state index >= 15 is 0 Å². The van der Waals surface area contributed by atoms with Crippen LogP contribution in [0.15, 0.2) is 47.3 Å². The van der Waals surface area contributed by atoms with Crippen molar-refractivity contribution in [3.8, 4) is 5.75 Å². The van der Waals surface area contributed by atoms with Crippen LogP contribution in [0.2, 0.25) is 0 Å². The molecule has 2 fully saturated rings. The summed E-state index contributed by atoms with van der Waals surface area (Å²) in [5.74, 6) is 2.02. The smallest absolute Gasteiger partial charge is 0.122 e. The Morgan fingerprint density at radius 2 is 1.76 bits per heavy atom. The second kappa shape index (κ2) is 8.02. The minimum Gasteiger partial charge on any atom is -0.490 e. The Hall–Kier alpha value is -1.85. The molecule has 5 nitrogen and oxygen atoms in total. The van der Waals surface area contributed by atoms with E-state index in [4.69, 9.17) is 9.15 Å². The van der Waals surface area contributed by atoms with Gasteiger partial charge < -0.3 is 14.1 Å². The molecular weight excluding hydrogens is 314 g/mol. The average molecular weight is 341 g/mol. The van der Waals surface area contributed by atoms with Gasteiger partial charge in [0.15, 0.2) is 0 Å². The molecule has 2 saturated heterocycles. The van der Waals surface area contributed by atoms with Crippen molar-refractivity contribution in [2.45, 2.75) is 44.4 Å². The third kappa shape index (κ3) is 4.41. The van der Waals surface area contributed by atoms with Gasteiger partial charge in [-0.25, -0.2) is 0 Å². The van der Waals surface area contributed by atoms with E-state index in [9.17, 15) is 0 Å². The largest absolute Gasteiger partial charge is 0.490 e. The maximum absolute atomic E-state index is 6.08. The van der Waals surface area contributed by atoms with E-state index in [1.54, 1.807) is 18.7 Å². The quantitative estimate of drug-likeness (QED) is 0.835. The molecule has 0 spiro atoms. The summed E-state index contributed by atoms with van der Waals surface area (Å²) in [6.45, 7) is 5.58. The van der Waals surface area contributed by atoms with E-state index < -0.39 is 0 Å². The van der Waals surface area contributed by atoms with Gasteiger partial charge in [0.1, 0.15) is 17.6 Å². The first kappa shape index (κ1) is 16.6. The Labute approximate surface area is 149 Å². The van der Waals surface area contributed by atoms with Crippen LogP contribution in [0.25, 0.3) is 0 Å². The molecule has 0 aromatic carbocycles. The lowest BCUT2D eigenvalue weighted by molar-refractivity contribution is 0.0460. The number of nitrogens with zero attached hydrogens (tertiary/aromatic N) is 3. The summed E-state index contributed by atoms with van der Waals surface area (Å²) in [7, 11) is 0. The third-order valence-corrected chi connectivity index (χ3v) is 5.46. The molecule has 0 bridgehead atoms. The van der Waals surface area contributed by atoms with E-state index in [1.165, 1.54) is 25.9 Å². The molecular formula is C20H27N3O2. The zero-order valence-electron chi connectivity index (χ0n) is 14.7. The zero-order chi connectivity index (χ0) is 16.9. The Bertz CT molecular complexity index is 616. The van der Waals surface area contributed by atoms with Gasteiger partial charge in [0.25, 0.3) is 0 Å². The summed E-state index contributed by atoms with van der Waals surface area (Å²) in [5, 5.41) is 0. The molecule has 4 heterocycles. The molecule has 0 radical (unpaired) electrons. The molecule has 4 rings (SSSR count). The number of pyridine rings is 1. The fourth-order valence-electron chi connectivity index (χ4n) is 4.03. The highest BCUT2D eigenvalue weighted by Gasteiger charge is 2.29. The van der Waals surface area contributed by atoms with E-state index in [0.717, 1.165) is 50.0 Å². The summed E-state index contributed by atoms with van der Waals surface area (Å²) in [6, 6.07) is 8.66. The van der Waals surface area contributed by atoms with E-state index in [0.29, 0.717) is 6.10 Å². The van der Waals surface area contributed by atoms with Crippen molar-refractivity contribution >= 4 is 0 Å². The summed E-state index contributed by atoms with van der Waals surface area (Å²) >= 11 is 0. The lowest BCUT2D eigenvalue weighted by Crippen LogP contribution is -2.48. The molecule has 0 saturated carbocycles. The van der Waals surface area contributed by atoms with E-state index in [2.05, 4.69) is 20.9 Å². The average Bonchev–Trinajstić information content (AvgIpc) is 3.17. The molecule has 2 aliphatic heterocycles. The van der Waals surface area contributed by atoms with Crippen molar-refractivity contribution in [1.82, 2.24) is 14.8 Å². The van der Waals surface area contributed by atoms with Crippen LogP contribution in [0.3, 0.4) is 0 Å². The number of aromatic nitrogens is 1. The number of hydrogen-bond acceptors (Lipinski definition) is 5. The minimum atomic E-state index is 0.345. The van der Waals surface area contributed by atoms with Gasteiger partial charge in [-0.05, 0) is 49.9 Å². The number of likely N-dealkylation sites (tertiary alicyclic amines) is 2. The number of piperidine rings is 2. The van der Waals surface area contributed by atoms with Gasteiger partial charge in [-0.1, -0.05) is 0 Å². The Balaban J connectivity index is 1.20. The summed E-state index contributed by atoms with van der Waals surface area (Å²) in [5.41, 5.74) is 0. The van der Waals surface area contributed by atoms with Gasteiger partial charge in [-0.15, -0.1) is 0 Å². The lowest BCUT2D eigenvalue weighted by Gasteiger charge is -2.41. The highest BCUT2D eigenvalue weighted by molar-refractivity contribution is 5.17. The van der Waals surface area contributed by atoms with Crippen molar-refractivity contribution in [3.63, 3.8) is 0 Å². The topological polar surface area (TPSA) is 41.7 Å². The maximum atomic E-state index is 6.08. The SMILES string of the molecule is c1coc(CN2CCC(N3CCC(Oc4ccncc4)CC3)CC2)c1. The van der Waals surface area contributed by atoms with Gasteiger partial charge in [0.05, 0.1) is 12.8 Å². The highest BCUT2D eigenvalue weighted by atomic mass is 16.5. The fraction of sp³-hybridized carbons (Fsp3) is 0.550. The van der Waals surface area contributed by atoms with Crippen LogP contribution in [0.5, 0.6) is 5.75 Å². The summed E-state index contributed by atoms with van der Waals surface area (Å²) in [4.78, 5) is 9.23. The first-order valence-electron chi connectivity index (χ1n) is 9.42. The van der Waals surface area contributed by atoms with Gasteiger partial charge >= 0.3 is 0 Å². The molecule has 0 N–H and O–H groups in total. The Kier molecular flexibility index (Phi) is 5.33. The maximum Gasteiger partial charge on any atom is 0.122 e. The van der Waals surface area contributed by atoms with Crippen molar-refractivity contribution in [1.29, 1.82) is 0 Å². The van der Waals surface area contributed by atoms with Crippen molar-refractivity contribution < 1.29 is 9.15 Å². The molecule has 2 aliphatic rings. The van der Waals surface area contributed by atoms with Crippen LogP contribution in [0, 0.1) is 0 Å². The summed E-state index contributed by atoms with van der Waals surface area (Å²) in [6.07, 6.45) is 10.5. The van der Waals surface area contributed by atoms with Crippen LogP contribution in [-0.2, 0) is 6.54 Å². The molecule has 2 aromatic heterocycles. The second-order valence-electron chi connectivity index (χ2n) is 7.12. The van der Waals surface area contributed by atoms with Crippen LogP contribution in [0.4, 0.5) is 0 Å². The van der Waals surface area contributed by atoms with Crippen molar-refractivity contribution in [2.24, 2.45) is 0 Å². The monoisotopic (exact) mass is 341 g/mol. The number of ether oxygens (including phenoxy) is 1. The summed E-state index contributed by atoms with van der Waals surface area (Å²) < 4.78 is 11.6. The first-order valence-corrected chi connectivity index (χ1v) is 9.42. The van der Waals surface area contributed by atoms with Crippen molar-refractivity contribution in [2.75, 3.05) is 26.2 Å². The number of hydrogen-bond donors (Lipinski definition) is 0. The van der Waals surface area contributed by atoms with Crippen LogP contribution >= 0.6 is 0 Å². The number of furan rings is 1. The standard InChI is InChI=1S/C20H27N3O2/c1-2-20(24-15-1)16-22-11-5-17(6-12-22)23-13-7-19(8-14-23)25-18-3-9-21-10-4-18/h1-4,9-10,15,17,19H,5-8,11-14,16H2. The second-order valence-corrected chi connectivity index (χ2v) is 7.12. The van der Waals surface area contributed by atoms with Gasteiger partial charge in [0, 0.05) is 44.6 Å². The predicted octanol–water partition coefficient (Wildman–Crippen LogP) is 3.18. The van der Waals surface area contributed by atoms with Gasteiger partial charge in [-0.2, -0.15) is 0 Å². The van der Waals surface area contributed by atoms with Crippen LogP contribution < -0.4 is 4.74 Å². The molecule has 134 valence electrons. The minimum absolute atomic E-state index is 0.345. The fourth-order valence-corrected chi connectivity index (χ4v) is 4.03. The Morgan fingerprint density at radius 1 is 1.00 bits per heavy atom. The molecule has 0 unspecified atom stereocenters. The van der Waals surface area contributed by atoms with Crippen LogP contribution in [-0.4, -0.2) is 53.1 Å². The van der Waals surface area contributed by atoms with E-state index in [-0.39, 0.29) is 0 Å². The highest BCUT2D eigenvalue weighted by Crippen LogP contribution is 2.24.